The number of hydrogen-bond donors (Lipinski definition) is 0. The first-order chi connectivity index (χ1) is 9.42. The molecule has 1 aromatic heterocycles. The summed E-state index contributed by atoms with van der Waals surface area (Å²) in [4.78, 5) is 34.6. The van der Waals surface area contributed by atoms with Crippen LogP contribution < -0.4 is 10.2 Å². The number of rotatable bonds is 2. The number of hydrogen-bond acceptors (Lipinski definition) is 6. The van der Waals surface area contributed by atoms with Gasteiger partial charge in [-0.15, -0.1) is 0 Å². The molecule has 6 heteroatoms. The molecular formula is C14H12O6. The van der Waals surface area contributed by atoms with Crippen molar-refractivity contribution in [3.8, 4) is 5.75 Å². The van der Waals surface area contributed by atoms with E-state index in [4.69, 9.17) is 9.15 Å². The van der Waals surface area contributed by atoms with Crippen LogP contribution in [0.4, 0.5) is 0 Å². The summed E-state index contributed by atoms with van der Waals surface area (Å²) < 4.78 is 14.8. The zero-order valence-electron chi connectivity index (χ0n) is 11.2. The zero-order valence-corrected chi connectivity index (χ0v) is 11.2. The SMILES string of the molecule is COC(=O)c1cc(=O)c2c(OC(C)=O)cc(C)cc2o1. The van der Waals surface area contributed by atoms with Crippen LogP contribution in [0.25, 0.3) is 11.0 Å². The van der Waals surface area contributed by atoms with Gasteiger partial charge in [0.05, 0.1) is 7.11 Å². The highest BCUT2D eigenvalue weighted by Crippen LogP contribution is 2.26. The van der Waals surface area contributed by atoms with Crippen LogP contribution in [0.15, 0.2) is 27.4 Å². The summed E-state index contributed by atoms with van der Waals surface area (Å²) in [5.74, 6) is -1.39. The van der Waals surface area contributed by atoms with E-state index in [-0.39, 0.29) is 22.5 Å². The summed E-state index contributed by atoms with van der Waals surface area (Å²) >= 11 is 0. The largest absolute Gasteiger partial charge is 0.463 e. The van der Waals surface area contributed by atoms with Gasteiger partial charge in [0.25, 0.3) is 0 Å². The lowest BCUT2D eigenvalue weighted by Crippen LogP contribution is -2.11. The van der Waals surface area contributed by atoms with E-state index in [0.29, 0.717) is 0 Å². The van der Waals surface area contributed by atoms with E-state index in [0.717, 1.165) is 11.6 Å². The van der Waals surface area contributed by atoms with Crippen LogP contribution in [0.3, 0.4) is 0 Å². The Morgan fingerprint density at radius 3 is 2.50 bits per heavy atom. The van der Waals surface area contributed by atoms with Gasteiger partial charge >= 0.3 is 11.9 Å². The van der Waals surface area contributed by atoms with Crippen molar-refractivity contribution in [2.24, 2.45) is 0 Å². The van der Waals surface area contributed by atoms with E-state index in [9.17, 15) is 14.4 Å². The molecule has 2 rings (SSSR count). The smallest absolute Gasteiger partial charge is 0.374 e. The molecule has 6 nitrogen and oxygen atoms in total. The summed E-state index contributed by atoms with van der Waals surface area (Å²) in [5, 5.41) is 0.110. The highest BCUT2D eigenvalue weighted by atomic mass is 16.5. The first-order valence-electron chi connectivity index (χ1n) is 5.77. The Balaban J connectivity index is 2.76. The summed E-state index contributed by atoms with van der Waals surface area (Å²) in [7, 11) is 1.19. The first kappa shape index (κ1) is 13.8. The molecule has 0 amide bonds. The Hall–Kier alpha value is -2.63. The molecule has 0 saturated heterocycles. The van der Waals surface area contributed by atoms with Gasteiger partial charge in [-0.05, 0) is 24.6 Å². The molecular weight excluding hydrogens is 264 g/mol. The van der Waals surface area contributed by atoms with E-state index in [1.807, 2.05) is 0 Å². The Morgan fingerprint density at radius 2 is 1.90 bits per heavy atom. The Morgan fingerprint density at radius 1 is 1.20 bits per heavy atom. The first-order valence-corrected chi connectivity index (χ1v) is 5.77. The standard InChI is InChI=1S/C14H12O6/c1-7-4-10(19-8(2)15)13-9(16)6-12(14(17)18-3)20-11(13)5-7/h4-6H,1-3H3. The fraction of sp³-hybridized carbons (Fsp3) is 0.214. The van der Waals surface area contributed by atoms with Gasteiger partial charge in [0.15, 0.2) is 5.43 Å². The number of carbonyl (C=O) groups is 2. The number of carbonyl (C=O) groups excluding carboxylic acids is 2. The monoisotopic (exact) mass is 276 g/mol. The second kappa shape index (κ2) is 5.16. The average Bonchev–Trinajstić information content (AvgIpc) is 2.35. The van der Waals surface area contributed by atoms with Gasteiger partial charge in [0.2, 0.25) is 5.76 Å². The third-order valence-electron chi connectivity index (χ3n) is 2.58. The van der Waals surface area contributed by atoms with Crippen molar-refractivity contribution in [2.75, 3.05) is 7.11 Å². The normalized spacial score (nSPS) is 10.3. The number of aryl methyl sites for hydroxylation is 1. The van der Waals surface area contributed by atoms with E-state index >= 15 is 0 Å². The summed E-state index contributed by atoms with van der Waals surface area (Å²) in [5.41, 5.74) is 0.399. The van der Waals surface area contributed by atoms with Crippen molar-refractivity contribution >= 4 is 22.9 Å². The predicted octanol–water partition coefficient (Wildman–Crippen LogP) is 1.81. The molecule has 0 atom stereocenters. The van der Waals surface area contributed by atoms with Gasteiger partial charge in [0, 0.05) is 13.0 Å². The average molecular weight is 276 g/mol. The van der Waals surface area contributed by atoms with Gasteiger partial charge in [0.1, 0.15) is 16.7 Å². The van der Waals surface area contributed by atoms with Gasteiger partial charge < -0.3 is 13.9 Å². The molecule has 2 aromatic rings. The van der Waals surface area contributed by atoms with E-state index < -0.39 is 17.4 Å². The number of fused-ring (bicyclic) bond motifs is 1. The van der Waals surface area contributed by atoms with E-state index in [1.54, 1.807) is 19.1 Å². The molecule has 0 aliphatic rings. The fourth-order valence-electron chi connectivity index (χ4n) is 1.82. The maximum atomic E-state index is 12.1. The molecule has 0 radical (unpaired) electrons. The highest BCUT2D eigenvalue weighted by Gasteiger charge is 2.16. The van der Waals surface area contributed by atoms with Crippen LogP contribution in [-0.4, -0.2) is 19.0 Å². The van der Waals surface area contributed by atoms with Crippen molar-refractivity contribution in [3.05, 3.63) is 39.7 Å². The Labute approximate surface area is 113 Å². The molecule has 0 fully saturated rings. The quantitative estimate of drug-likeness (QED) is 0.614. The molecule has 0 bridgehead atoms. The molecule has 0 N–H and O–H groups in total. The summed E-state index contributed by atoms with van der Waals surface area (Å²) in [6.07, 6.45) is 0. The Kier molecular flexibility index (Phi) is 3.56. The molecule has 0 aliphatic carbocycles. The van der Waals surface area contributed by atoms with E-state index in [1.165, 1.54) is 14.0 Å². The maximum absolute atomic E-state index is 12.1. The highest BCUT2D eigenvalue weighted by molar-refractivity contribution is 5.91. The summed E-state index contributed by atoms with van der Waals surface area (Å²) in [6.45, 7) is 2.98. The minimum absolute atomic E-state index is 0.109. The van der Waals surface area contributed by atoms with Crippen molar-refractivity contribution in [2.45, 2.75) is 13.8 Å². The lowest BCUT2D eigenvalue weighted by atomic mass is 10.1. The van der Waals surface area contributed by atoms with Crippen LogP contribution >= 0.6 is 0 Å². The molecule has 0 spiro atoms. The van der Waals surface area contributed by atoms with Crippen molar-refractivity contribution < 1.29 is 23.5 Å². The minimum atomic E-state index is -0.750. The molecule has 104 valence electrons. The van der Waals surface area contributed by atoms with Crippen LogP contribution in [0.2, 0.25) is 0 Å². The van der Waals surface area contributed by atoms with Crippen LogP contribution in [0.1, 0.15) is 23.0 Å². The van der Waals surface area contributed by atoms with Crippen LogP contribution in [-0.2, 0) is 9.53 Å². The van der Waals surface area contributed by atoms with Gasteiger partial charge in [-0.2, -0.15) is 0 Å². The van der Waals surface area contributed by atoms with Crippen LogP contribution in [0, 0.1) is 6.92 Å². The molecule has 0 saturated carbocycles. The van der Waals surface area contributed by atoms with Crippen LogP contribution in [0.5, 0.6) is 5.75 Å². The molecule has 20 heavy (non-hydrogen) atoms. The topological polar surface area (TPSA) is 82.8 Å². The van der Waals surface area contributed by atoms with Gasteiger partial charge in [-0.1, -0.05) is 0 Å². The number of benzene rings is 1. The third kappa shape index (κ3) is 2.54. The minimum Gasteiger partial charge on any atom is -0.463 e. The third-order valence-corrected chi connectivity index (χ3v) is 2.58. The number of methoxy groups -OCH3 is 1. The second-order valence-electron chi connectivity index (χ2n) is 4.20. The van der Waals surface area contributed by atoms with Crippen molar-refractivity contribution in [3.63, 3.8) is 0 Å². The molecule has 1 aromatic carbocycles. The van der Waals surface area contributed by atoms with Crippen molar-refractivity contribution in [1.82, 2.24) is 0 Å². The Bertz CT molecular complexity index is 756. The molecule has 0 unspecified atom stereocenters. The van der Waals surface area contributed by atoms with E-state index in [2.05, 4.69) is 4.74 Å². The lowest BCUT2D eigenvalue weighted by molar-refractivity contribution is -0.131. The summed E-state index contributed by atoms with van der Waals surface area (Å²) in [6, 6.07) is 4.14. The second-order valence-corrected chi connectivity index (χ2v) is 4.20. The lowest BCUT2D eigenvalue weighted by Gasteiger charge is -2.07. The van der Waals surface area contributed by atoms with Gasteiger partial charge in [-0.25, -0.2) is 4.79 Å². The fourth-order valence-corrected chi connectivity index (χ4v) is 1.82. The predicted molar refractivity (Wildman–Crippen MR) is 69.9 cm³/mol. The molecule has 1 heterocycles. The zero-order chi connectivity index (χ0) is 14.9. The molecule has 0 aliphatic heterocycles. The van der Waals surface area contributed by atoms with Gasteiger partial charge in [-0.3, -0.25) is 9.59 Å². The maximum Gasteiger partial charge on any atom is 0.374 e. The van der Waals surface area contributed by atoms with Crippen molar-refractivity contribution in [1.29, 1.82) is 0 Å². The number of esters is 2. The number of ether oxygens (including phenoxy) is 2.